The van der Waals surface area contributed by atoms with E-state index in [1.165, 1.54) is 6.26 Å². The van der Waals surface area contributed by atoms with Gasteiger partial charge in [-0.25, -0.2) is 9.59 Å². The molecule has 2 N–H and O–H groups in total. The van der Waals surface area contributed by atoms with Gasteiger partial charge in [-0.2, -0.15) is 0 Å². The Morgan fingerprint density at radius 2 is 2.07 bits per heavy atom. The summed E-state index contributed by atoms with van der Waals surface area (Å²) in [5.74, 6) is 0.748. The lowest BCUT2D eigenvalue weighted by Gasteiger charge is -2.30. The molecule has 0 saturated carbocycles. The molecule has 8 nitrogen and oxygen atoms in total. The van der Waals surface area contributed by atoms with Crippen molar-refractivity contribution >= 4 is 12.0 Å². The van der Waals surface area contributed by atoms with Gasteiger partial charge in [0, 0.05) is 18.8 Å². The minimum atomic E-state index is -0.710. The number of rotatable bonds is 8. The molecular formula is C21H25N3O5. The zero-order chi connectivity index (χ0) is 20.8. The number of nitrogens with one attached hydrogen (secondary N) is 2. The molecule has 1 aliphatic rings. The number of amides is 2. The van der Waals surface area contributed by atoms with Gasteiger partial charge >= 0.3 is 12.0 Å². The van der Waals surface area contributed by atoms with Gasteiger partial charge < -0.3 is 24.5 Å². The van der Waals surface area contributed by atoms with Crippen LogP contribution in [-0.4, -0.2) is 44.2 Å². The SMILES string of the molecule is CCOC(=O)C1=C(CN(C)Cc2cccc(OC)c2)NC(=O)NC1c1ccco1. The highest BCUT2D eigenvalue weighted by atomic mass is 16.5. The molecule has 2 aromatic rings. The highest BCUT2D eigenvalue weighted by Crippen LogP contribution is 2.28. The number of urea groups is 1. The van der Waals surface area contributed by atoms with Crippen LogP contribution in [0.15, 0.2) is 58.3 Å². The van der Waals surface area contributed by atoms with E-state index < -0.39 is 18.0 Å². The van der Waals surface area contributed by atoms with Crippen molar-refractivity contribution in [1.82, 2.24) is 15.5 Å². The molecule has 1 aromatic heterocycles. The van der Waals surface area contributed by atoms with Crippen LogP contribution in [0.2, 0.25) is 0 Å². The van der Waals surface area contributed by atoms with Crippen molar-refractivity contribution < 1.29 is 23.5 Å². The van der Waals surface area contributed by atoms with Crippen LogP contribution in [0.25, 0.3) is 0 Å². The number of ether oxygens (including phenoxy) is 2. The molecule has 154 valence electrons. The van der Waals surface area contributed by atoms with Gasteiger partial charge in [-0.3, -0.25) is 4.90 Å². The summed E-state index contributed by atoms with van der Waals surface area (Å²) in [6.07, 6.45) is 1.50. The molecule has 0 radical (unpaired) electrons. The number of nitrogens with zero attached hydrogens (tertiary/aromatic N) is 1. The molecule has 2 amide bonds. The van der Waals surface area contributed by atoms with Gasteiger partial charge in [0.05, 0.1) is 25.6 Å². The van der Waals surface area contributed by atoms with Crippen LogP contribution < -0.4 is 15.4 Å². The maximum absolute atomic E-state index is 12.7. The van der Waals surface area contributed by atoms with Gasteiger partial charge in [0.25, 0.3) is 0 Å². The summed E-state index contributed by atoms with van der Waals surface area (Å²) >= 11 is 0. The Morgan fingerprint density at radius 1 is 1.24 bits per heavy atom. The first-order valence-electron chi connectivity index (χ1n) is 9.34. The third-order valence-electron chi connectivity index (χ3n) is 4.49. The van der Waals surface area contributed by atoms with Gasteiger partial charge in [0.2, 0.25) is 0 Å². The summed E-state index contributed by atoms with van der Waals surface area (Å²) in [6.45, 7) is 2.92. The average Bonchev–Trinajstić information content (AvgIpc) is 3.22. The standard InChI is InChI=1S/C21H25N3O5/c1-4-28-20(25)18-16(22-21(26)23-19(18)17-9-6-10-29-17)13-24(2)12-14-7-5-8-15(11-14)27-3/h5-11,19H,4,12-13H2,1-3H3,(H2,22,23,26). The smallest absolute Gasteiger partial charge is 0.338 e. The molecule has 0 spiro atoms. The zero-order valence-corrected chi connectivity index (χ0v) is 16.7. The Balaban J connectivity index is 1.87. The number of hydrogen-bond acceptors (Lipinski definition) is 6. The number of likely N-dealkylation sites (N-methyl/N-ethyl adjacent to an activating group) is 1. The van der Waals surface area contributed by atoms with Gasteiger partial charge in [-0.05, 0) is 43.8 Å². The molecule has 0 fully saturated rings. The second-order valence-corrected chi connectivity index (χ2v) is 6.68. The van der Waals surface area contributed by atoms with Gasteiger partial charge in [0.15, 0.2) is 0 Å². The van der Waals surface area contributed by atoms with Crippen molar-refractivity contribution in [3.8, 4) is 5.75 Å². The van der Waals surface area contributed by atoms with Crippen molar-refractivity contribution in [3.05, 3.63) is 65.3 Å². The van der Waals surface area contributed by atoms with Crippen LogP contribution in [0.4, 0.5) is 4.79 Å². The van der Waals surface area contributed by atoms with E-state index >= 15 is 0 Å². The largest absolute Gasteiger partial charge is 0.497 e. The van der Waals surface area contributed by atoms with Crippen molar-refractivity contribution in [2.24, 2.45) is 0 Å². The molecule has 2 heterocycles. The summed E-state index contributed by atoms with van der Waals surface area (Å²) in [7, 11) is 3.53. The van der Waals surface area contributed by atoms with Crippen molar-refractivity contribution in [1.29, 1.82) is 0 Å². The van der Waals surface area contributed by atoms with Crippen molar-refractivity contribution in [2.75, 3.05) is 27.3 Å². The fourth-order valence-electron chi connectivity index (χ4n) is 3.27. The molecule has 1 aromatic carbocycles. The van der Waals surface area contributed by atoms with E-state index in [0.717, 1.165) is 11.3 Å². The number of methoxy groups -OCH3 is 1. The molecule has 3 rings (SSSR count). The highest BCUT2D eigenvalue weighted by Gasteiger charge is 2.35. The molecule has 1 atom stereocenters. The molecular weight excluding hydrogens is 374 g/mol. The zero-order valence-electron chi connectivity index (χ0n) is 16.7. The number of carbonyl (C=O) groups excluding carboxylic acids is 2. The van der Waals surface area contributed by atoms with E-state index in [2.05, 4.69) is 10.6 Å². The molecule has 1 unspecified atom stereocenters. The second-order valence-electron chi connectivity index (χ2n) is 6.68. The van der Waals surface area contributed by atoms with E-state index in [4.69, 9.17) is 13.9 Å². The Bertz CT molecular complexity index is 891. The molecule has 0 saturated heterocycles. The van der Waals surface area contributed by atoms with Crippen LogP contribution in [0.5, 0.6) is 5.75 Å². The fraction of sp³-hybridized carbons (Fsp3) is 0.333. The van der Waals surface area contributed by atoms with E-state index in [0.29, 0.717) is 30.1 Å². The number of benzene rings is 1. The number of furan rings is 1. The van der Waals surface area contributed by atoms with Crippen LogP contribution in [-0.2, 0) is 16.1 Å². The third kappa shape index (κ3) is 4.97. The van der Waals surface area contributed by atoms with E-state index in [1.54, 1.807) is 26.2 Å². The van der Waals surface area contributed by atoms with Crippen LogP contribution in [0.1, 0.15) is 24.3 Å². The Hall–Kier alpha value is -3.26. The first kappa shape index (κ1) is 20.5. The van der Waals surface area contributed by atoms with E-state index in [-0.39, 0.29) is 6.61 Å². The number of esters is 1. The molecule has 8 heteroatoms. The van der Waals surface area contributed by atoms with Crippen LogP contribution >= 0.6 is 0 Å². The quantitative estimate of drug-likeness (QED) is 0.663. The lowest BCUT2D eigenvalue weighted by molar-refractivity contribution is -0.139. The first-order chi connectivity index (χ1) is 14.0. The normalized spacial score (nSPS) is 16.4. The van der Waals surface area contributed by atoms with Crippen molar-refractivity contribution in [3.63, 3.8) is 0 Å². The van der Waals surface area contributed by atoms with E-state index in [9.17, 15) is 9.59 Å². The van der Waals surface area contributed by atoms with Crippen molar-refractivity contribution in [2.45, 2.75) is 19.5 Å². The maximum atomic E-state index is 12.7. The summed E-state index contributed by atoms with van der Waals surface area (Å²) in [4.78, 5) is 26.9. The summed E-state index contributed by atoms with van der Waals surface area (Å²) in [5, 5.41) is 5.50. The Labute approximate surface area is 169 Å². The van der Waals surface area contributed by atoms with Crippen LogP contribution in [0.3, 0.4) is 0 Å². The van der Waals surface area contributed by atoms with E-state index in [1.807, 2.05) is 36.2 Å². The highest BCUT2D eigenvalue weighted by molar-refractivity contribution is 5.95. The average molecular weight is 399 g/mol. The minimum Gasteiger partial charge on any atom is -0.497 e. The molecule has 1 aliphatic heterocycles. The summed E-state index contributed by atoms with van der Waals surface area (Å²) < 4.78 is 15.9. The lowest BCUT2D eigenvalue weighted by Crippen LogP contribution is -2.48. The maximum Gasteiger partial charge on any atom is 0.338 e. The molecule has 0 aliphatic carbocycles. The minimum absolute atomic E-state index is 0.230. The fourth-order valence-corrected chi connectivity index (χ4v) is 3.27. The Kier molecular flexibility index (Phi) is 6.56. The summed E-state index contributed by atoms with van der Waals surface area (Å²) in [5.41, 5.74) is 1.87. The van der Waals surface area contributed by atoms with Gasteiger partial charge in [0.1, 0.15) is 17.6 Å². The third-order valence-corrected chi connectivity index (χ3v) is 4.49. The predicted molar refractivity (Wildman–Crippen MR) is 106 cm³/mol. The predicted octanol–water partition coefficient (Wildman–Crippen LogP) is 2.59. The number of carbonyl (C=O) groups is 2. The lowest BCUT2D eigenvalue weighted by atomic mass is 10.00. The molecule has 0 bridgehead atoms. The summed E-state index contributed by atoms with van der Waals surface area (Å²) in [6, 6.07) is 10.1. The Morgan fingerprint density at radius 3 is 2.76 bits per heavy atom. The topological polar surface area (TPSA) is 93.0 Å². The molecule has 29 heavy (non-hydrogen) atoms. The monoisotopic (exact) mass is 399 g/mol. The van der Waals surface area contributed by atoms with Gasteiger partial charge in [-0.1, -0.05) is 12.1 Å². The second kappa shape index (κ2) is 9.29. The van der Waals surface area contributed by atoms with Crippen LogP contribution in [0, 0.1) is 0 Å². The number of hydrogen-bond donors (Lipinski definition) is 2. The van der Waals surface area contributed by atoms with Gasteiger partial charge in [-0.15, -0.1) is 0 Å². The first-order valence-corrected chi connectivity index (χ1v) is 9.34.